The first kappa shape index (κ1) is 19.9. The van der Waals surface area contributed by atoms with Gasteiger partial charge in [0.15, 0.2) is 5.17 Å². The van der Waals surface area contributed by atoms with Crippen molar-refractivity contribution >= 4 is 40.1 Å². The molecule has 1 aliphatic heterocycles. The van der Waals surface area contributed by atoms with E-state index in [2.05, 4.69) is 10.3 Å². The molecule has 0 bridgehead atoms. The molecule has 3 rings (SSSR count). The van der Waals surface area contributed by atoms with Crippen LogP contribution in [-0.4, -0.2) is 29.3 Å². The summed E-state index contributed by atoms with van der Waals surface area (Å²) >= 11 is 1.02. The van der Waals surface area contributed by atoms with Crippen molar-refractivity contribution in [3.8, 4) is 0 Å². The number of imide groups is 1. The number of nitrogens with zero attached hydrogens (tertiary/aromatic N) is 2. The second kappa shape index (κ2) is 8.05. The fourth-order valence-corrected chi connectivity index (χ4v) is 3.70. The molecule has 5 nitrogen and oxygen atoms in total. The lowest BCUT2D eigenvalue weighted by Gasteiger charge is -2.16. The summed E-state index contributed by atoms with van der Waals surface area (Å²) in [7, 11) is 1.46. The van der Waals surface area contributed by atoms with Crippen molar-refractivity contribution < 1.29 is 22.8 Å². The number of amidine groups is 1. The first-order valence-electron chi connectivity index (χ1n) is 8.29. The maximum absolute atomic E-state index is 12.9. The Morgan fingerprint density at radius 3 is 2.50 bits per heavy atom. The quantitative estimate of drug-likeness (QED) is 0.471. The van der Waals surface area contributed by atoms with Gasteiger partial charge in [-0.25, -0.2) is 4.90 Å². The SMILES string of the molecule is CN=C(Nc1cccc(C(F)(F)F)c1)S[C@H]1CC(=O)N(c2ccccc2)C1=O. The highest BCUT2D eigenvalue weighted by Crippen LogP contribution is 2.33. The molecule has 1 fully saturated rings. The molecule has 9 heteroatoms. The molecule has 1 N–H and O–H groups in total. The number of benzene rings is 2. The van der Waals surface area contributed by atoms with Crippen molar-refractivity contribution in [2.45, 2.75) is 17.8 Å². The van der Waals surface area contributed by atoms with Crippen molar-refractivity contribution in [2.24, 2.45) is 4.99 Å². The number of rotatable bonds is 3. The number of carbonyl (C=O) groups is 2. The van der Waals surface area contributed by atoms with Gasteiger partial charge in [0.2, 0.25) is 11.8 Å². The van der Waals surface area contributed by atoms with Crippen LogP contribution in [-0.2, 0) is 15.8 Å². The number of hydrogen-bond donors (Lipinski definition) is 1. The molecule has 0 aliphatic carbocycles. The number of thioether (sulfide) groups is 1. The average molecular weight is 407 g/mol. The standard InChI is InChI=1S/C19H16F3N3O2S/c1-23-18(24-13-7-5-6-12(10-13)19(20,21)22)28-15-11-16(26)25(17(15)27)14-8-3-2-4-9-14/h2-10,15H,11H2,1H3,(H,23,24)/t15-/m0/s1. The molecule has 0 unspecified atom stereocenters. The Hall–Kier alpha value is -2.81. The van der Waals surface area contributed by atoms with Gasteiger partial charge in [-0.1, -0.05) is 36.0 Å². The molecule has 2 aromatic rings. The van der Waals surface area contributed by atoms with E-state index >= 15 is 0 Å². The van der Waals surface area contributed by atoms with Crippen LogP contribution in [0, 0.1) is 0 Å². The van der Waals surface area contributed by atoms with Gasteiger partial charge in [0.1, 0.15) is 5.25 Å². The van der Waals surface area contributed by atoms with Gasteiger partial charge in [-0.3, -0.25) is 14.6 Å². The summed E-state index contributed by atoms with van der Waals surface area (Å²) in [5, 5.41) is 2.34. The van der Waals surface area contributed by atoms with Crippen LogP contribution in [0.1, 0.15) is 12.0 Å². The lowest BCUT2D eigenvalue weighted by atomic mass is 10.2. The van der Waals surface area contributed by atoms with E-state index in [4.69, 9.17) is 0 Å². The van der Waals surface area contributed by atoms with Gasteiger partial charge < -0.3 is 5.32 Å². The van der Waals surface area contributed by atoms with Crippen LogP contribution in [0.4, 0.5) is 24.5 Å². The Morgan fingerprint density at radius 1 is 1.14 bits per heavy atom. The van der Waals surface area contributed by atoms with E-state index in [-0.39, 0.29) is 29.1 Å². The van der Waals surface area contributed by atoms with Crippen molar-refractivity contribution in [1.29, 1.82) is 0 Å². The van der Waals surface area contributed by atoms with Crippen molar-refractivity contribution in [2.75, 3.05) is 17.3 Å². The molecule has 1 aliphatic rings. The van der Waals surface area contributed by atoms with Crippen LogP contribution in [0.2, 0.25) is 0 Å². The van der Waals surface area contributed by atoms with E-state index in [1.54, 1.807) is 30.3 Å². The van der Waals surface area contributed by atoms with Crippen molar-refractivity contribution in [1.82, 2.24) is 0 Å². The highest BCUT2D eigenvalue weighted by Gasteiger charge is 2.40. The van der Waals surface area contributed by atoms with E-state index in [9.17, 15) is 22.8 Å². The van der Waals surface area contributed by atoms with Gasteiger partial charge in [-0.15, -0.1) is 0 Å². The van der Waals surface area contributed by atoms with Crippen molar-refractivity contribution in [3.05, 3.63) is 60.2 Å². The van der Waals surface area contributed by atoms with Crippen LogP contribution in [0.15, 0.2) is 59.6 Å². The van der Waals surface area contributed by atoms with E-state index < -0.39 is 17.0 Å². The molecule has 2 aromatic carbocycles. The minimum absolute atomic E-state index is 0.0122. The number of halogens is 3. The minimum Gasteiger partial charge on any atom is -0.335 e. The molecule has 0 aromatic heterocycles. The summed E-state index contributed by atoms with van der Waals surface area (Å²) in [6, 6.07) is 13.2. The lowest BCUT2D eigenvalue weighted by Crippen LogP contribution is -2.31. The van der Waals surface area contributed by atoms with Crippen LogP contribution in [0.5, 0.6) is 0 Å². The summed E-state index contributed by atoms with van der Waals surface area (Å²) in [6.07, 6.45) is -4.47. The fourth-order valence-electron chi connectivity index (χ4n) is 2.71. The molecule has 1 atom stereocenters. The van der Waals surface area contributed by atoms with Crippen LogP contribution < -0.4 is 10.2 Å². The lowest BCUT2D eigenvalue weighted by molar-refractivity contribution is -0.137. The van der Waals surface area contributed by atoms with Crippen LogP contribution in [0.25, 0.3) is 0 Å². The molecule has 146 valence electrons. The van der Waals surface area contributed by atoms with Crippen LogP contribution in [0.3, 0.4) is 0 Å². The first-order chi connectivity index (χ1) is 13.3. The number of amides is 2. The first-order valence-corrected chi connectivity index (χ1v) is 9.17. The Labute approximate surface area is 163 Å². The Bertz CT molecular complexity index is 916. The minimum atomic E-state index is -4.46. The Balaban J connectivity index is 1.72. The van der Waals surface area contributed by atoms with Crippen LogP contribution >= 0.6 is 11.8 Å². The van der Waals surface area contributed by atoms with Gasteiger partial charge in [-0.2, -0.15) is 13.2 Å². The predicted octanol–water partition coefficient (Wildman–Crippen LogP) is 4.17. The third-order valence-electron chi connectivity index (χ3n) is 4.02. The van der Waals surface area contributed by atoms with E-state index in [0.717, 1.165) is 28.8 Å². The van der Waals surface area contributed by atoms with Gasteiger partial charge in [0, 0.05) is 19.2 Å². The summed E-state index contributed by atoms with van der Waals surface area (Å²) in [5.74, 6) is -0.712. The largest absolute Gasteiger partial charge is 0.416 e. The molecule has 2 amide bonds. The summed E-state index contributed by atoms with van der Waals surface area (Å²) in [6.45, 7) is 0. The number of aliphatic imine (C=N–C) groups is 1. The highest BCUT2D eigenvalue weighted by atomic mass is 32.2. The molecular weight excluding hydrogens is 391 g/mol. The molecule has 1 heterocycles. The fraction of sp³-hybridized carbons (Fsp3) is 0.211. The average Bonchev–Trinajstić information content (AvgIpc) is 2.94. The number of para-hydroxylation sites is 1. The van der Waals surface area contributed by atoms with Gasteiger partial charge in [0.05, 0.1) is 11.3 Å². The maximum Gasteiger partial charge on any atom is 0.416 e. The van der Waals surface area contributed by atoms with Crippen molar-refractivity contribution in [3.63, 3.8) is 0 Å². The monoisotopic (exact) mass is 407 g/mol. The molecular formula is C19H16F3N3O2S. The Morgan fingerprint density at radius 2 is 1.86 bits per heavy atom. The third-order valence-corrected chi connectivity index (χ3v) is 5.18. The zero-order chi connectivity index (χ0) is 20.3. The number of nitrogens with one attached hydrogen (secondary N) is 1. The second-order valence-corrected chi connectivity index (χ2v) is 7.14. The zero-order valence-corrected chi connectivity index (χ0v) is 15.6. The maximum atomic E-state index is 12.9. The summed E-state index contributed by atoms with van der Waals surface area (Å²) in [5.41, 5.74) is -0.110. The number of hydrogen-bond acceptors (Lipinski definition) is 4. The normalized spacial score (nSPS) is 17.9. The molecule has 1 saturated heterocycles. The van der Waals surface area contributed by atoms with Gasteiger partial charge >= 0.3 is 6.18 Å². The van der Waals surface area contributed by atoms with E-state index in [0.29, 0.717) is 5.69 Å². The van der Waals surface area contributed by atoms with E-state index in [1.807, 2.05) is 0 Å². The van der Waals surface area contributed by atoms with E-state index in [1.165, 1.54) is 19.2 Å². The molecule has 0 saturated carbocycles. The topological polar surface area (TPSA) is 61.8 Å². The molecule has 28 heavy (non-hydrogen) atoms. The number of carbonyl (C=O) groups excluding carboxylic acids is 2. The number of alkyl halides is 3. The second-order valence-electron chi connectivity index (χ2n) is 5.95. The zero-order valence-electron chi connectivity index (χ0n) is 14.7. The highest BCUT2D eigenvalue weighted by molar-refractivity contribution is 8.15. The third kappa shape index (κ3) is 4.36. The Kier molecular flexibility index (Phi) is 5.73. The summed E-state index contributed by atoms with van der Waals surface area (Å²) < 4.78 is 38.6. The number of anilines is 2. The van der Waals surface area contributed by atoms with Gasteiger partial charge in [-0.05, 0) is 30.3 Å². The summed E-state index contributed by atoms with van der Waals surface area (Å²) in [4.78, 5) is 30.1. The predicted molar refractivity (Wildman–Crippen MR) is 103 cm³/mol. The van der Waals surface area contributed by atoms with Gasteiger partial charge in [0.25, 0.3) is 0 Å². The molecule has 0 radical (unpaired) electrons. The molecule has 0 spiro atoms. The smallest absolute Gasteiger partial charge is 0.335 e.